The van der Waals surface area contributed by atoms with Crippen LogP contribution in [0.1, 0.15) is 5.56 Å². The van der Waals surface area contributed by atoms with Gasteiger partial charge in [-0.1, -0.05) is 48.5 Å². The van der Waals surface area contributed by atoms with E-state index in [1.54, 1.807) is 0 Å². The van der Waals surface area contributed by atoms with Crippen LogP contribution in [0.25, 0.3) is 0 Å². The Morgan fingerprint density at radius 1 is 1.00 bits per heavy atom. The van der Waals surface area contributed by atoms with Crippen LogP contribution in [-0.2, 0) is 6.54 Å². The molecule has 0 bridgehead atoms. The van der Waals surface area contributed by atoms with Crippen molar-refractivity contribution in [2.24, 2.45) is 5.84 Å². The van der Waals surface area contributed by atoms with Gasteiger partial charge in [0.15, 0.2) is 5.11 Å². The van der Waals surface area contributed by atoms with Gasteiger partial charge in [-0.3, -0.25) is 5.01 Å². The summed E-state index contributed by atoms with van der Waals surface area (Å²) in [6, 6.07) is 19.7. The molecule has 3 N–H and O–H groups in total. The van der Waals surface area contributed by atoms with Crippen LogP contribution in [0, 0.1) is 0 Å². The Kier molecular flexibility index (Phi) is 4.28. The van der Waals surface area contributed by atoms with E-state index in [2.05, 4.69) is 5.32 Å². The summed E-state index contributed by atoms with van der Waals surface area (Å²) in [7, 11) is 0. The zero-order chi connectivity index (χ0) is 12.8. The van der Waals surface area contributed by atoms with Crippen LogP contribution < -0.4 is 11.2 Å². The summed E-state index contributed by atoms with van der Waals surface area (Å²) in [5.41, 5.74) is 2.06. The van der Waals surface area contributed by atoms with E-state index in [4.69, 9.17) is 18.1 Å². The van der Waals surface area contributed by atoms with Crippen molar-refractivity contribution in [1.29, 1.82) is 0 Å². The van der Waals surface area contributed by atoms with Crippen LogP contribution in [0.4, 0.5) is 5.69 Å². The third-order valence-electron chi connectivity index (χ3n) is 2.48. The number of nitrogens with zero attached hydrogens (tertiary/aromatic N) is 1. The first kappa shape index (κ1) is 12.5. The first-order chi connectivity index (χ1) is 8.75. The van der Waals surface area contributed by atoms with Gasteiger partial charge >= 0.3 is 0 Å². The summed E-state index contributed by atoms with van der Waals surface area (Å²) in [5, 5.41) is 5.12. The fourth-order valence-corrected chi connectivity index (χ4v) is 1.75. The van der Waals surface area contributed by atoms with E-state index in [9.17, 15) is 0 Å². The molecule has 0 aliphatic carbocycles. The Hall–Kier alpha value is -1.91. The predicted octanol–water partition coefficient (Wildman–Crippen LogP) is 2.76. The minimum atomic E-state index is 0.505. The highest BCUT2D eigenvalue weighted by Gasteiger charge is 2.05. The number of anilines is 1. The van der Waals surface area contributed by atoms with Gasteiger partial charge in [-0.05, 0) is 29.9 Å². The van der Waals surface area contributed by atoms with E-state index < -0.39 is 0 Å². The zero-order valence-electron chi connectivity index (χ0n) is 9.91. The van der Waals surface area contributed by atoms with Gasteiger partial charge in [-0.15, -0.1) is 0 Å². The maximum absolute atomic E-state index is 5.93. The van der Waals surface area contributed by atoms with Gasteiger partial charge in [0, 0.05) is 5.69 Å². The molecule has 2 rings (SSSR count). The second-order valence-electron chi connectivity index (χ2n) is 3.91. The van der Waals surface area contributed by atoms with E-state index >= 15 is 0 Å². The summed E-state index contributed by atoms with van der Waals surface area (Å²) in [4.78, 5) is 0. The van der Waals surface area contributed by atoms with Crippen molar-refractivity contribution < 1.29 is 0 Å². The van der Waals surface area contributed by atoms with Gasteiger partial charge in [0.2, 0.25) is 0 Å². The van der Waals surface area contributed by atoms with Crippen molar-refractivity contribution in [3.63, 3.8) is 0 Å². The monoisotopic (exact) mass is 257 g/mol. The summed E-state index contributed by atoms with van der Waals surface area (Å²) < 4.78 is 0. The van der Waals surface area contributed by atoms with Crippen molar-refractivity contribution in [2.75, 3.05) is 5.32 Å². The maximum Gasteiger partial charge on any atom is 0.188 e. The number of rotatable bonds is 3. The van der Waals surface area contributed by atoms with Crippen LogP contribution in [0.3, 0.4) is 0 Å². The van der Waals surface area contributed by atoms with Gasteiger partial charge in [-0.25, -0.2) is 5.84 Å². The molecule has 0 aromatic heterocycles. The van der Waals surface area contributed by atoms with E-state index in [0.29, 0.717) is 11.7 Å². The molecule has 3 nitrogen and oxygen atoms in total. The van der Waals surface area contributed by atoms with Crippen molar-refractivity contribution >= 4 is 23.0 Å². The third kappa shape index (κ3) is 3.55. The first-order valence-electron chi connectivity index (χ1n) is 5.68. The normalized spacial score (nSPS) is 9.83. The molecule has 0 aliphatic heterocycles. The number of benzene rings is 2. The molecule has 2 aromatic carbocycles. The van der Waals surface area contributed by atoms with Crippen LogP contribution in [0.2, 0.25) is 0 Å². The lowest BCUT2D eigenvalue weighted by Gasteiger charge is -2.20. The van der Waals surface area contributed by atoms with Crippen molar-refractivity contribution in [3.05, 3.63) is 66.2 Å². The molecule has 0 amide bonds. The molecule has 0 aliphatic rings. The maximum atomic E-state index is 5.93. The molecule has 0 radical (unpaired) electrons. The largest absolute Gasteiger partial charge is 0.332 e. The van der Waals surface area contributed by atoms with Gasteiger partial charge in [-0.2, -0.15) is 0 Å². The van der Waals surface area contributed by atoms with Crippen molar-refractivity contribution in [3.8, 4) is 0 Å². The third-order valence-corrected chi connectivity index (χ3v) is 2.82. The highest BCUT2D eigenvalue weighted by molar-refractivity contribution is 7.80. The van der Waals surface area contributed by atoms with E-state index in [1.807, 2.05) is 60.7 Å². The average Bonchev–Trinajstić information content (AvgIpc) is 2.41. The molecule has 4 heteroatoms. The number of thiocarbonyl (C=S) groups is 1. The SMILES string of the molecule is NN(Cc1ccccc1)C(=S)Nc1ccccc1. The summed E-state index contributed by atoms with van der Waals surface area (Å²) in [6.45, 7) is 0.583. The second-order valence-corrected chi connectivity index (χ2v) is 4.30. The Bertz CT molecular complexity index is 499. The lowest BCUT2D eigenvalue weighted by Crippen LogP contribution is -2.39. The highest BCUT2D eigenvalue weighted by Crippen LogP contribution is 2.07. The quantitative estimate of drug-likeness (QED) is 0.504. The summed E-state index contributed by atoms with van der Waals surface area (Å²) in [6.07, 6.45) is 0. The van der Waals surface area contributed by atoms with Gasteiger partial charge in [0.1, 0.15) is 0 Å². The molecule has 92 valence electrons. The van der Waals surface area contributed by atoms with Crippen molar-refractivity contribution in [2.45, 2.75) is 6.54 Å². The molecule has 18 heavy (non-hydrogen) atoms. The Morgan fingerprint density at radius 3 is 2.17 bits per heavy atom. The number of hydrazine groups is 1. The first-order valence-corrected chi connectivity index (χ1v) is 6.09. The minimum Gasteiger partial charge on any atom is -0.332 e. The van der Waals surface area contributed by atoms with Crippen LogP contribution >= 0.6 is 12.2 Å². The van der Waals surface area contributed by atoms with Crippen molar-refractivity contribution in [1.82, 2.24) is 5.01 Å². The smallest absolute Gasteiger partial charge is 0.188 e. The molecule has 0 saturated heterocycles. The molecule has 0 fully saturated rings. The lowest BCUT2D eigenvalue weighted by molar-refractivity contribution is 0.441. The van der Waals surface area contributed by atoms with Gasteiger partial charge in [0.05, 0.1) is 6.54 Å². The molecule has 2 aromatic rings. The van der Waals surface area contributed by atoms with Crippen LogP contribution in [-0.4, -0.2) is 10.1 Å². The Balaban J connectivity index is 1.93. The molecular formula is C14H15N3S. The Morgan fingerprint density at radius 2 is 1.56 bits per heavy atom. The van der Waals surface area contributed by atoms with E-state index in [-0.39, 0.29) is 0 Å². The van der Waals surface area contributed by atoms with Crippen LogP contribution in [0.5, 0.6) is 0 Å². The topological polar surface area (TPSA) is 41.3 Å². The standard InChI is InChI=1S/C14H15N3S/c15-17(11-12-7-3-1-4-8-12)14(18)16-13-9-5-2-6-10-13/h1-10H,11,15H2,(H,16,18). The number of nitrogens with one attached hydrogen (secondary N) is 1. The second kappa shape index (κ2) is 6.14. The number of hydrogen-bond donors (Lipinski definition) is 2. The Labute approximate surface area is 112 Å². The predicted molar refractivity (Wildman–Crippen MR) is 78.8 cm³/mol. The van der Waals surface area contributed by atoms with Gasteiger partial charge < -0.3 is 5.32 Å². The fraction of sp³-hybridized carbons (Fsp3) is 0.0714. The van der Waals surface area contributed by atoms with Gasteiger partial charge in [0.25, 0.3) is 0 Å². The molecule has 0 spiro atoms. The summed E-state index contributed by atoms with van der Waals surface area (Å²) >= 11 is 5.25. The van der Waals surface area contributed by atoms with E-state index in [1.165, 1.54) is 5.01 Å². The molecular weight excluding hydrogens is 242 g/mol. The number of para-hydroxylation sites is 1. The highest BCUT2D eigenvalue weighted by atomic mass is 32.1. The molecule has 0 unspecified atom stereocenters. The lowest BCUT2D eigenvalue weighted by atomic mass is 10.2. The van der Waals surface area contributed by atoms with E-state index in [0.717, 1.165) is 11.3 Å². The fourth-order valence-electron chi connectivity index (χ4n) is 1.57. The zero-order valence-corrected chi connectivity index (χ0v) is 10.7. The molecule has 0 saturated carbocycles. The average molecular weight is 257 g/mol. The number of hydrogen-bond acceptors (Lipinski definition) is 2. The van der Waals surface area contributed by atoms with Crippen LogP contribution in [0.15, 0.2) is 60.7 Å². The number of nitrogens with two attached hydrogens (primary N) is 1. The summed E-state index contributed by atoms with van der Waals surface area (Å²) in [5.74, 6) is 5.93. The molecule has 0 atom stereocenters. The minimum absolute atomic E-state index is 0.505. The molecule has 0 heterocycles.